The van der Waals surface area contributed by atoms with E-state index in [0.717, 1.165) is 6.42 Å². The Bertz CT molecular complexity index is 204. The number of esters is 1. The SMILES string of the molecule is C=C(C)C(=O)O/C(=C/CC)OC. The summed E-state index contributed by atoms with van der Waals surface area (Å²) < 4.78 is 9.59. The number of rotatable bonds is 4. The van der Waals surface area contributed by atoms with Crippen LogP contribution in [0.2, 0.25) is 0 Å². The number of ether oxygens (including phenoxy) is 2. The van der Waals surface area contributed by atoms with E-state index >= 15 is 0 Å². The van der Waals surface area contributed by atoms with Crippen LogP contribution in [-0.2, 0) is 14.3 Å². The van der Waals surface area contributed by atoms with Crippen molar-refractivity contribution in [2.24, 2.45) is 0 Å². The molecule has 3 nitrogen and oxygen atoms in total. The smallest absolute Gasteiger partial charge is 0.340 e. The van der Waals surface area contributed by atoms with Gasteiger partial charge in [0.25, 0.3) is 5.95 Å². The van der Waals surface area contributed by atoms with Crippen LogP contribution in [0.25, 0.3) is 0 Å². The highest BCUT2D eigenvalue weighted by Gasteiger charge is 2.06. The van der Waals surface area contributed by atoms with E-state index in [1.807, 2.05) is 6.92 Å². The molecule has 0 aliphatic carbocycles. The van der Waals surface area contributed by atoms with Gasteiger partial charge in [-0.25, -0.2) is 4.79 Å². The van der Waals surface area contributed by atoms with E-state index < -0.39 is 5.97 Å². The molecule has 0 fully saturated rings. The first-order chi connectivity index (χ1) is 5.61. The maximum atomic E-state index is 10.9. The van der Waals surface area contributed by atoms with Gasteiger partial charge in [0.2, 0.25) is 0 Å². The van der Waals surface area contributed by atoms with Gasteiger partial charge in [-0.1, -0.05) is 13.5 Å². The van der Waals surface area contributed by atoms with Gasteiger partial charge in [0.05, 0.1) is 7.11 Å². The van der Waals surface area contributed by atoms with Gasteiger partial charge in [0.1, 0.15) is 0 Å². The molecule has 0 unspecified atom stereocenters. The summed E-state index contributed by atoms with van der Waals surface area (Å²) in [6, 6.07) is 0. The van der Waals surface area contributed by atoms with Crippen molar-refractivity contribution >= 4 is 5.97 Å². The monoisotopic (exact) mass is 170 g/mol. The van der Waals surface area contributed by atoms with E-state index in [4.69, 9.17) is 9.47 Å². The van der Waals surface area contributed by atoms with E-state index in [9.17, 15) is 4.79 Å². The second-order valence-electron chi connectivity index (χ2n) is 2.31. The molecule has 0 atom stereocenters. The van der Waals surface area contributed by atoms with Crippen LogP contribution in [0.1, 0.15) is 20.3 Å². The lowest BCUT2D eigenvalue weighted by molar-refractivity contribution is -0.139. The van der Waals surface area contributed by atoms with Crippen molar-refractivity contribution in [1.82, 2.24) is 0 Å². The van der Waals surface area contributed by atoms with Gasteiger partial charge in [-0.2, -0.15) is 0 Å². The Morgan fingerprint density at radius 2 is 2.17 bits per heavy atom. The lowest BCUT2D eigenvalue weighted by Crippen LogP contribution is -2.05. The zero-order chi connectivity index (χ0) is 9.56. The van der Waals surface area contributed by atoms with Gasteiger partial charge in [-0.15, -0.1) is 0 Å². The van der Waals surface area contributed by atoms with E-state index in [2.05, 4.69) is 6.58 Å². The van der Waals surface area contributed by atoms with Crippen LogP contribution in [0.15, 0.2) is 24.2 Å². The third-order valence-electron chi connectivity index (χ3n) is 1.11. The molecule has 0 N–H and O–H groups in total. The van der Waals surface area contributed by atoms with Crippen molar-refractivity contribution < 1.29 is 14.3 Å². The Hall–Kier alpha value is -1.25. The quantitative estimate of drug-likeness (QED) is 0.368. The van der Waals surface area contributed by atoms with Crippen molar-refractivity contribution in [3.63, 3.8) is 0 Å². The molecule has 0 aromatic carbocycles. The minimum atomic E-state index is -0.462. The molecule has 0 aliphatic rings. The van der Waals surface area contributed by atoms with Gasteiger partial charge >= 0.3 is 5.97 Å². The highest BCUT2D eigenvalue weighted by molar-refractivity contribution is 5.87. The van der Waals surface area contributed by atoms with Crippen molar-refractivity contribution in [3.05, 3.63) is 24.2 Å². The molecule has 0 radical (unpaired) electrons. The summed E-state index contributed by atoms with van der Waals surface area (Å²) in [6.07, 6.45) is 2.44. The third kappa shape index (κ3) is 3.81. The predicted octanol–water partition coefficient (Wildman–Crippen LogP) is 2.00. The van der Waals surface area contributed by atoms with E-state index in [1.165, 1.54) is 7.11 Å². The number of carbonyl (C=O) groups excluding carboxylic acids is 1. The van der Waals surface area contributed by atoms with Crippen LogP contribution in [0.3, 0.4) is 0 Å². The van der Waals surface area contributed by atoms with Gasteiger partial charge in [-0.3, -0.25) is 0 Å². The average molecular weight is 170 g/mol. The highest BCUT2D eigenvalue weighted by atomic mass is 16.7. The van der Waals surface area contributed by atoms with Crippen LogP contribution in [0.5, 0.6) is 0 Å². The molecule has 0 rings (SSSR count). The lowest BCUT2D eigenvalue weighted by Gasteiger charge is -2.05. The molecule has 0 spiro atoms. The fourth-order valence-electron chi connectivity index (χ4n) is 0.512. The van der Waals surface area contributed by atoms with E-state index in [0.29, 0.717) is 5.57 Å². The van der Waals surface area contributed by atoms with Crippen molar-refractivity contribution in [1.29, 1.82) is 0 Å². The summed E-state index contributed by atoms with van der Waals surface area (Å²) in [4.78, 5) is 10.9. The molecular weight excluding hydrogens is 156 g/mol. The number of allylic oxidation sites excluding steroid dienone is 1. The Balaban J connectivity index is 4.12. The topological polar surface area (TPSA) is 35.5 Å². The molecular formula is C9H14O3. The minimum absolute atomic E-state index is 0.227. The second kappa shape index (κ2) is 5.41. The first kappa shape index (κ1) is 10.8. The van der Waals surface area contributed by atoms with Gasteiger partial charge in [-0.05, 0) is 19.4 Å². The van der Waals surface area contributed by atoms with Crippen molar-refractivity contribution in [3.8, 4) is 0 Å². The summed E-state index contributed by atoms with van der Waals surface area (Å²) in [5.41, 5.74) is 0.356. The standard InChI is InChI=1S/C9H14O3/c1-5-6-8(11-4)12-9(10)7(2)3/h6H,2,5H2,1,3-4H3/b8-6+. The van der Waals surface area contributed by atoms with E-state index in [-0.39, 0.29) is 5.95 Å². The summed E-state index contributed by atoms with van der Waals surface area (Å²) in [5, 5.41) is 0. The molecule has 0 bridgehead atoms. The molecule has 12 heavy (non-hydrogen) atoms. The number of hydrogen-bond acceptors (Lipinski definition) is 3. The second-order valence-corrected chi connectivity index (χ2v) is 2.31. The summed E-state index contributed by atoms with van der Waals surface area (Å²) in [7, 11) is 1.45. The molecule has 0 heterocycles. The maximum Gasteiger partial charge on any atom is 0.340 e. The minimum Gasteiger partial charge on any atom is -0.469 e. The van der Waals surface area contributed by atoms with Gasteiger partial charge in [0, 0.05) is 5.57 Å². The number of carbonyl (C=O) groups is 1. The van der Waals surface area contributed by atoms with Crippen LogP contribution in [0, 0.1) is 0 Å². The summed E-state index contributed by atoms with van der Waals surface area (Å²) in [5.74, 6) is -0.234. The first-order valence-electron chi connectivity index (χ1n) is 3.73. The highest BCUT2D eigenvalue weighted by Crippen LogP contribution is 2.03. The Kier molecular flexibility index (Phi) is 4.84. The fourth-order valence-corrected chi connectivity index (χ4v) is 0.512. The Labute approximate surface area is 72.7 Å². The first-order valence-corrected chi connectivity index (χ1v) is 3.73. The zero-order valence-corrected chi connectivity index (χ0v) is 7.72. The molecule has 0 saturated carbocycles. The number of hydrogen-bond donors (Lipinski definition) is 0. The number of methoxy groups -OCH3 is 1. The predicted molar refractivity (Wildman–Crippen MR) is 46.3 cm³/mol. The zero-order valence-electron chi connectivity index (χ0n) is 7.72. The van der Waals surface area contributed by atoms with Gasteiger partial charge in [0.15, 0.2) is 0 Å². The van der Waals surface area contributed by atoms with Crippen LogP contribution in [-0.4, -0.2) is 13.1 Å². The molecule has 68 valence electrons. The summed E-state index contributed by atoms with van der Waals surface area (Å²) in [6.45, 7) is 6.95. The van der Waals surface area contributed by atoms with Crippen LogP contribution >= 0.6 is 0 Å². The van der Waals surface area contributed by atoms with Crippen molar-refractivity contribution in [2.45, 2.75) is 20.3 Å². The van der Waals surface area contributed by atoms with Crippen LogP contribution in [0.4, 0.5) is 0 Å². The summed E-state index contributed by atoms with van der Waals surface area (Å²) >= 11 is 0. The Morgan fingerprint density at radius 3 is 2.50 bits per heavy atom. The van der Waals surface area contributed by atoms with Gasteiger partial charge < -0.3 is 9.47 Å². The molecule has 0 aromatic rings. The normalized spacial score (nSPS) is 10.8. The molecule has 0 aromatic heterocycles. The maximum absolute atomic E-state index is 10.9. The molecule has 0 saturated heterocycles. The van der Waals surface area contributed by atoms with Crippen LogP contribution < -0.4 is 0 Å². The average Bonchev–Trinajstić information content (AvgIpc) is 2.03. The third-order valence-corrected chi connectivity index (χ3v) is 1.11. The largest absolute Gasteiger partial charge is 0.469 e. The fraction of sp³-hybridized carbons (Fsp3) is 0.444. The molecule has 3 heteroatoms. The molecule has 0 amide bonds. The van der Waals surface area contributed by atoms with E-state index in [1.54, 1.807) is 13.0 Å². The molecule has 0 aliphatic heterocycles. The Morgan fingerprint density at radius 1 is 1.58 bits per heavy atom. The lowest BCUT2D eigenvalue weighted by atomic mass is 10.4. The van der Waals surface area contributed by atoms with Crippen molar-refractivity contribution in [2.75, 3.05) is 7.11 Å².